The van der Waals surface area contributed by atoms with Crippen molar-refractivity contribution < 1.29 is 28.7 Å². The van der Waals surface area contributed by atoms with Crippen LogP contribution in [-0.2, 0) is 48.0 Å². The lowest BCUT2D eigenvalue weighted by Gasteiger charge is -2.36. The minimum absolute atomic E-state index is 0.0939. The van der Waals surface area contributed by atoms with Crippen molar-refractivity contribution in [2.24, 2.45) is 17.3 Å². The molecule has 0 radical (unpaired) electrons. The Morgan fingerprint density at radius 2 is 1.97 bits per heavy atom. The molecule has 5 unspecified atom stereocenters. The van der Waals surface area contributed by atoms with Crippen molar-refractivity contribution in [1.29, 1.82) is 0 Å². The molecule has 1 aromatic carbocycles. The number of rotatable bonds is 9. The zero-order valence-electron chi connectivity index (χ0n) is 36.2. The number of nitrogens with one attached hydrogen (secondary N) is 3. The van der Waals surface area contributed by atoms with E-state index in [1.807, 2.05) is 32.2 Å². The summed E-state index contributed by atoms with van der Waals surface area (Å²) in [6.07, 6.45) is 4.04. The zero-order chi connectivity index (χ0) is 42.9. The molecule has 3 aliphatic rings. The molecule has 6 heterocycles. The number of ether oxygens (including phenoxy) is 2. The van der Waals surface area contributed by atoms with Gasteiger partial charge in [-0.05, 0) is 81.8 Å². The molecule has 3 amide bonds. The molecule has 0 spiro atoms. The standard InChI is InChI=1S/C45H60N8O6S/c1-9-52-36-15-14-28-20-31(36)32(40(52)30-12-10-17-47-38(30)27(4)58-8)22-45(5,6)25-59-44(57)33-13-11-19-53(50-33)43(56)34(21-37-48-35(28)24-60-37)49-41(54)39(26(2)3)51(7)42(55)29-16-18-46-23-29/h10,12,14-15,17,20,24,26-27,29,33-34,39,46,50H,9,11,13,16,18-19,21-23,25H2,1-8H3,(H,49,54). The number of cyclic esters (lactones) is 1. The van der Waals surface area contributed by atoms with Crippen molar-refractivity contribution in [3.05, 3.63) is 58.2 Å². The van der Waals surface area contributed by atoms with Gasteiger partial charge in [0.1, 0.15) is 18.1 Å². The van der Waals surface area contributed by atoms with E-state index >= 15 is 0 Å². The van der Waals surface area contributed by atoms with E-state index in [1.54, 1.807) is 20.4 Å². The molecule has 3 N–H and O–H groups in total. The number of likely N-dealkylation sites (N-methyl/N-ethyl adjacent to an activating group) is 1. The lowest BCUT2D eigenvalue weighted by Crippen LogP contribution is -2.62. The number of hydrazine groups is 1. The van der Waals surface area contributed by atoms with Gasteiger partial charge in [0.2, 0.25) is 11.8 Å². The third kappa shape index (κ3) is 8.86. The SMILES string of the molecule is CCn1c(-c2cccnc2C(C)OC)c2c3cc(ccc31)-c1csc(n1)CC(NC(=O)C(C(C)C)N(C)C(=O)C1CCNC1)C(=O)N1CCCC(N1)C(=O)OCC(C)(C)C2. The number of methoxy groups -OCH3 is 1. The van der Waals surface area contributed by atoms with Crippen LogP contribution in [0.5, 0.6) is 0 Å². The number of esters is 1. The van der Waals surface area contributed by atoms with Gasteiger partial charge < -0.3 is 29.6 Å². The second kappa shape index (κ2) is 18.1. The molecule has 6 bridgehead atoms. The predicted molar refractivity (Wildman–Crippen MR) is 232 cm³/mol. The average molecular weight is 841 g/mol. The van der Waals surface area contributed by atoms with Crippen LogP contribution >= 0.6 is 11.3 Å². The molecule has 3 aliphatic heterocycles. The molecule has 14 nitrogen and oxygen atoms in total. The molecule has 3 aromatic heterocycles. The van der Waals surface area contributed by atoms with Crippen LogP contribution in [0.25, 0.3) is 33.4 Å². The number of hydrogen-bond donors (Lipinski definition) is 3. The number of nitrogens with zero attached hydrogens (tertiary/aromatic N) is 5. The second-order valence-electron chi connectivity index (χ2n) is 17.6. The molecule has 2 saturated heterocycles. The quantitative estimate of drug-likeness (QED) is 0.189. The second-order valence-corrected chi connectivity index (χ2v) is 18.5. The van der Waals surface area contributed by atoms with Gasteiger partial charge in [-0.15, -0.1) is 11.3 Å². The van der Waals surface area contributed by atoms with Gasteiger partial charge in [0, 0.05) is 79.2 Å². The minimum Gasteiger partial charge on any atom is -0.464 e. The van der Waals surface area contributed by atoms with Crippen LogP contribution in [0.15, 0.2) is 41.9 Å². The molecule has 0 saturated carbocycles. The Balaban J connectivity index is 1.30. The number of hydrogen-bond acceptors (Lipinski definition) is 11. The van der Waals surface area contributed by atoms with Gasteiger partial charge in [-0.2, -0.15) is 0 Å². The topological polar surface area (TPSA) is 160 Å². The number of thiazole rings is 1. The summed E-state index contributed by atoms with van der Waals surface area (Å²) in [5, 5.41) is 11.5. The Kier molecular flexibility index (Phi) is 13.1. The van der Waals surface area contributed by atoms with E-state index in [-0.39, 0.29) is 42.8 Å². The Bertz CT molecular complexity index is 2230. The normalized spacial score (nSPS) is 22.0. The number of aromatic nitrogens is 3. The molecular formula is C45H60N8O6S. The maximum Gasteiger partial charge on any atom is 0.324 e. The molecule has 7 rings (SSSR count). The molecule has 322 valence electrons. The van der Waals surface area contributed by atoms with Gasteiger partial charge in [0.25, 0.3) is 5.91 Å². The number of aryl methyl sites for hydroxylation is 1. The number of carbonyl (C=O) groups excluding carboxylic acids is 4. The summed E-state index contributed by atoms with van der Waals surface area (Å²) in [4.78, 5) is 67.5. The van der Waals surface area contributed by atoms with Gasteiger partial charge in [-0.3, -0.25) is 29.2 Å². The Labute approximate surface area is 356 Å². The summed E-state index contributed by atoms with van der Waals surface area (Å²) in [6.45, 7) is 14.7. The van der Waals surface area contributed by atoms with Gasteiger partial charge in [-0.25, -0.2) is 10.4 Å². The van der Waals surface area contributed by atoms with E-state index in [0.717, 1.165) is 51.2 Å². The highest BCUT2D eigenvalue weighted by molar-refractivity contribution is 7.10. The summed E-state index contributed by atoms with van der Waals surface area (Å²) in [7, 11) is 3.36. The van der Waals surface area contributed by atoms with Gasteiger partial charge in [0.05, 0.1) is 40.7 Å². The zero-order valence-corrected chi connectivity index (χ0v) is 37.0. The average Bonchev–Trinajstić information content (AvgIpc) is 4.01. The molecule has 0 aliphatic carbocycles. The van der Waals surface area contributed by atoms with Crippen LogP contribution < -0.4 is 16.1 Å². The highest BCUT2D eigenvalue weighted by atomic mass is 32.1. The molecule has 5 atom stereocenters. The first-order valence-corrected chi connectivity index (χ1v) is 22.2. The first kappa shape index (κ1) is 43.4. The van der Waals surface area contributed by atoms with Crippen molar-refractivity contribution in [2.75, 3.05) is 40.4 Å². The Hall–Kier alpha value is -4.70. The fraction of sp³-hybridized carbons (Fsp3) is 0.556. The maximum atomic E-state index is 14.5. The van der Waals surface area contributed by atoms with Gasteiger partial charge >= 0.3 is 5.97 Å². The monoisotopic (exact) mass is 840 g/mol. The molecule has 60 heavy (non-hydrogen) atoms. The van der Waals surface area contributed by atoms with Gasteiger partial charge in [-0.1, -0.05) is 33.8 Å². The molecule has 2 fully saturated rings. The van der Waals surface area contributed by atoms with E-state index in [9.17, 15) is 19.2 Å². The van der Waals surface area contributed by atoms with Gasteiger partial charge in [0.15, 0.2) is 0 Å². The summed E-state index contributed by atoms with van der Waals surface area (Å²) in [5.41, 5.74) is 9.41. The first-order chi connectivity index (χ1) is 28.7. The number of fused-ring (bicyclic) bond motifs is 6. The summed E-state index contributed by atoms with van der Waals surface area (Å²) < 4.78 is 14.2. The number of amides is 3. The summed E-state index contributed by atoms with van der Waals surface area (Å²) >= 11 is 1.43. The largest absolute Gasteiger partial charge is 0.464 e. The third-order valence-electron chi connectivity index (χ3n) is 12.2. The van der Waals surface area contributed by atoms with Crippen molar-refractivity contribution in [3.8, 4) is 22.5 Å². The fourth-order valence-corrected chi connectivity index (χ4v) is 9.89. The molecule has 4 aromatic rings. The van der Waals surface area contributed by atoms with Crippen LogP contribution in [-0.4, -0.2) is 107 Å². The highest BCUT2D eigenvalue weighted by Gasteiger charge is 2.39. The lowest BCUT2D eigenvalue weighted by atomic mass is 9.84. The van der Waals surface area contributed by atoms with Crippen molar-refractivity contribution >= 4 is 45.9 Å². The van der Waals surface area contributed by atoms with Crippen molar-refractivity contribution in [1.82, 2.24) is 40.5 Å². The minimum atomic E-state index is -1.02. The van der Waals surface area contributed by atoms with E-state index in [1.165, 1.54) is 21.2 Å². The predicted octanol–water partition coefficient (Wildman–Crippen LogP) is 5.30. The highest BCUT2D eigenvalue weighted by Crippen LogP contribution is 2.42. The van der Waals surface area contributed by atoms with E-state index in [0.29, 0.717) is 50.3 Å². The van der Waals surface area contributed by atoms with E-state index < -0.39 is 35.4 Å². The fourth-order valence-electron chi connectivity index (χ4n) is 9.04. The molecule has 15 heteroatoms. The van der Waals surface area contributed by atoms with Crippen molar-refractivity contribution in [2.45, 2.75) is 104 Å². The molecular weight excluding hydrogens is 781 g/mol. The van der Waals surface area contributed by atoms with Crippen LogP contribution in [0.1, 0.15) is 83.2 Å². The Morgan fingerprint density at radius 1 is 1.17 bits per heavy atom. The summed E-state index contributed by atoms with van der Waals surface area (Å²) in [5.74, 6) is -1.75. The first-order valence-electron chi connectivity index (χ1n) is 21.3. The smallest absolute Gasteiger partial charge is 0.324 e. The summed E-state index contributed by atoms with van der Waals surface area (Å²) in [6, 6.07) is 7.89. The van der Waals surface area contributed by atoms with Crippen LogP contribution in [0.2, 0.25) is 0 Å². The van der Waals surface area contributed by atoms with E-state index in [2.05, 4.69) is 65.7 Å². The van der Waals surface area contributed by atoms with Crippen molar-refractivity contribution in [3.63, 3.8) is 0 Å². The Morgan fingerprint density at radius 3 is 2.68 bits per heavy atom. The maximum absolute atomic E-state index is 14.5. The number of carbonyl (C=O) groups is 4. The number of pyridine rings is 1. The third-order valence-corrected chi connectivity index (χ3v) is 13.1. The number of benzene rings is 1. The van der Waals surface area contributed by atoms with E-state index in [4.69, 9.17) is 19.4 Å². The van der Waals surface area contributed by atoms with Crippen LogP contribution in [0.3, 0.4) is 0 Å². The van der Waals surface area contributed by atoms with Crippen LogP contribution in [0, 0.1) is 17.3 Å². The lowest BCUT2D eigenvalue weighted by molar-refractivity contribution is -0.155. The van der Waals surface area contributed by atoms with Crippen LogP contribution in [0.4, 0.5) is 0 Å².